The van der Waals surface area contributed by atoms with Crippen molar-refractivity contribution in [2.24, 2.45) is 5.92 Å². The Kier molecular flexibility index (Phi) is 4.39. The van der Waals surface area contributed by atoms with Gasteiger partial charge in [-0.2, -0.15) is 5.26 Å². The highest BCUT2D eigenvalue weighted by atomic mass is 15.1. The molecule has 4 nitrogen and oxygen atoms in total. The predicted molar refractivity (Wildman–Crippen MR) is 62.6 cm³/mol. The minimum atomic E-state index is -0.261. The number of aryl methyl sites for hydroxylation is 1. The summed E-state index contributed by atoms with van der Waals surface area (Å²) in [5.74, 6) is 1.26. The van der Waals surface area contributed by atoms with Gasteiger partial charge in [0, 0.05) is 24.5 Å². The zero-order valence-corrected chi connectivity index (χ0v) is 10.3. The van der Waals surface area contributed by atoms with Gasteiger partial charge in [-0.1, -0.05) is 13.8 Å². The first kappa shape index (κ1) is 12.6. The van der Waals surface area contributed by atoms with E-state index in [2.05, 4.69) is 29.9 Å². The van der Waals surface area contributed by atoms with Crippen molar-refractivity contribution in [3.8, 4) is 6.07 Å². The first-order chi connectivity index (χ1) is 7.54. The van der Waals surface area contributed by atoms with Crippen molar-refractivity contribution in [1.29, 1.82) is 5.26 Å². The normalized spacial score (nSPS) is 12.8. The van der Waals surface area contributed by atoms with E-state index in [0.29, 0.717) is 5.92 Å². The van der Waals surface area contributed by atoms with Gasteiger partial charge in [-0.3, -0.25) is 4.90 Å². The molecule has 1 rings (SSSR count). The Morgan fingerprint density at radius 3 is 2.38 bits per heavy atom. The third-order valence-electron chi connectivity index (χ3n) is 2.33. The average molecular weight is 218 g/mol. The number of nitriles is 1. The molecule has 0 aliphatic heterocycles. The van der Waals surface area contributed by atoms with Crippen LogP contribution in [0.5, 0.6) is 0 Å². The molecule has 4 heteroatoms. The van der Waals surface area contributed by atoms with E-state index in [1.54, 1.807) is 12.4 Å². The molecule has 1 heterocycles. The third-order valence-corrected chi connectivity index (χ3v) is 2.33. The van der Waals surface area contributed by atoms with Crippen LogP contribution in [0.3, 0.4) is 0 Å². The van der Waals surface area contributed by atoms with Crippen molar-refractivity contribution in [1.82, 2.24) is 14.9 Å². The van der Waals surface area contributed by atoms with E-state index in [1.807, 2.05) is 18.9 Å². The van der Waals surface area contributed by atoms with Gasteiger partial charge in [0.25, 0.3) is 0 Å². The molecule has 0 aromatic carbocycles. The summed E-state index contributed by atoms with van der Waals surface area (Å²) in [4.78, 5) is 10.3. The molecule has 86 valence electrons. The van der Waals surface area contributed by atoms with Gasteiger partial charge in [0.2, 0.25) is 0 Å². The number of hydrogen-bond donors (Lipinski definition) is 0. The summed E-state index contributed by atoms with van der Waals surface area (Å²) >= 11 is 0. The van der Waals surface area contributed by atoms with Gasteiger partial charge in [-0.05, 0) is 19.9 Å². The molecule has 0 fully saturated rings. The van der Waals surface area contributed by atoms with Gasteiger partial charge in [0.05, 0.1) is 6.07 Å². The second kappa shape index (κ2) is 5.57. The first-order valence-corrected chi connectivity index (χ1v) is 5.43. The van der Waals surface area contributed by atoms with Gasteiger partial charge in [-0.25, -0.2) is 9.97 Å². The number of rotatable bonds is 4. The Hall–Kier alpha value is -1.47. The second-order valence-corrected chi connectivity index (χ2v) is 4.43. The summed E-state index contributed by atoms with van der Waals surface area (Å²) in [6, 6.07) is 2.03. The fourth-order valence-corrected chi connectivity index (χ4v) is 1.65. The van der Waals surface area contributed by atoms with Crippen LogP contribution < -0.4 is 0 Å². The Labute approximate surface area is 96.9 Å². The first-order valence-electron chi connectivity index (χ1n) is 5.43. The van der Waals surface area contributed by atoms with Crippen molar-refractivity contribution in [3.63, 3.8) is 0 Å². The van der Waals surface area contributed by atoms with Crippen LogP contribution in [0.25, 0.3) is 0 Å². The molecule has 1 aromatic heterocycles. The second-order valence-electron chi connectivity index (χ2n) is 4.43. The fourth-order valence-electron chi connectivity index (χ4n) is 1.65. The van der Waals surface area contributed by atoms with Gasteiger partial charge in [-0.15, -0.1) is 0 Å². The lowest BCUT2D eigenvalue weighted by molar-refractivity contribution is 0.258. The van der Waals surface area contributed by atoms with E-state index in [4.69, 9.17) is 0 Å². The largest absolute Gasteiger partial charge is 0.287 e. The summed E-state index contributed by atoms with van der Waals surface area (Å²) in [6.07, 6.45) is 3.46. The van der Waals surface area contributed by atoms with Crippen LogP contribution in [0.15, 0.2) is 12.4 Å². The highest BCUT2D eigenvalue weighted by Gasteiger charge is 2.17. The molecule has 0 aliphatic carbocycles. The van der Waals surface area contributed by atoms with Crippen molar-refractivity contribution < 1.29 is 0 Å². The Balaban J connectivity index is 2.82. The Bertz CT molecular complexity index is 364. The summed E-state index contributed by atoms with van der Waals surface area (Å²) in [7, 11) is 1.95. The van der Waals surface area contributed by atoms with E-state index in [0.717, 1.165) is 17.9 Å². The lowest BCUT2D eigenvalue weighted by Gasteiger charge is -2.23. The van der Waals surface area contributed by atoms with Gasteiger partial charge < -0.3 is 0 Å². The Morgan fingerprint density at radius 1 is 1.38 bits per heavy atom. The quantitative estimate of drug-likeness (QED) is 0.775. The highest BCUT2D eigenvalue weighted by Crippen LogP contribution is 2.17. The summed E-state index contributed by atoms with van der Waals surface area (Å²) < 4.78 is 0. The van der Waals surface area contributed by atoms with Gasteiger partial charge >= 0.3 is 0 Å². The molecular formula is C12H18N4. The van der Waals surface area contributed by atoms with Crippen LogP contribution in [0.1, 0.15) is 31.3 Å². The molecule has 0 aliphatic rings. The molecule has 16 heavy (non-hydrogen) atoms. The van der Waals surface area contributed by atoms with Crippen LogP contribution >= 0.6 is 0 Å². The maximum Gasteiger partial charge on any atom is 0.126 e. The molecular weight excluding hydrogens is 200 g/mol. The van der Waals surface area contributed by atoms with E-state index >= 15 is 0 Å². The molecule has 1 unspecified atom stereocenters. The molecule has 0 spiro atoms. The number of nitrogens with zero attached hydrogens (tertiary/aromatic N) is 4. The Morgan fingerprint density at radius 2 is 1.94 bits per heavy atom. The topological polar surface area (TPSA) is 52.8 Å². The van der Waals surface area contributed by atoms with Gasteiger partial charge in [0.1, 0.15) is 11.9 Å². The van der Waals surface area contributed by atoms with Crippen LogP contribution in [-0.4, -0.2) is 28.5 Å². The maximum absolute atomic E-state index is 9.18. The minimum Gasteiger partial charge on any atom is -0.287 e. The minimum absolute atomic E-state index is 0.261. The monoisotopic (exact) mass is 218 g/mol. The van der Waals surface area contributed by atoms with Crippen LogP contribution in [-0.2, 0) is 0 Å². The molecule has 0 saturated carbocycles. The average Bonchev–Trinajstić information content (AvgIpc) is 2.21. The highest BCUT2D eigenvalue weighted by molar-refractivity contribution is 5.17. The summed E-state index contributed by atoms with van der Waals surface area (Å²) in [5, 5.41) is 9.18. The van der Waals surface area contributed by atoms with Crippen LogP contribution in [0.2, 0.25) is 0 Å². The van der Waals surface area contributed by atoms with Crippen molar-refractivity contribution in [3.05, 3.63) is 23.8 Å². The lowest BCUT2D eigenvalue weighted by Crippen LogP contribution is -2.27. The zero-order valence-electron chi connectivity index (χ0n) is 10.3. The fraction of sp³-hybridized carbons (Fsp3) is 0.583. The van der Waals surface area contributed by atoms with Crippen LogP contribution in [0.4, 0.5) is 0 Å². The van der Waals surface area contributed by atoms with E-state index in [-0.39, 0.29) is 6.04 Å². The molecule has 1 atom stereocenters. The van der Waals surface area contributed by atoms with Gasteiger partial charge in [0.15, 0.2) is 0 Å². The zero-order chi connectivity index (χ0) is 12.1. The third kappa shape index (κ3) is 3.28. The molecule has 0 N–H and O–H groups in total. The molecule has 0 bridgehead atoms. The van der Waals surface area contributed by atoms with Crippen molar-refractivity contribution >= 4 is 0 Å². The number of hydrogen-bond acceptors (Lipinski definition) is 4. The van der Waals surface area contributed by atoms with Crippen molar-refractivity contribution in [2.75, 3.05) is 13.6 Å². The van der Waals surface area contributed by atoms with Crippen LogP contribution in [0, 0.1) is 24.2 Å². The van der Waals surface area contributed by atoms with E-state index in [9.17, 15) is 5.26 Å². The predicted octanol–water partition coefficient (Wildman–Crippen LogP) is 1.94. The summed E-state index contributed by atoms with van der Waals surface area (Å²) in [5.41, 5.74) is 0.858. The lowest BCUT2D eigenvalue weighted by atomic mass is 10.1. The maximum atomic E-state index is 9.18. The SMILES string of the molecule is Cc1ncc(C(C#N)N(C)CC(C)C)cn1. The number of aromatic nitrogens is 2. The van der Waals surface area contributed by atoms with E-state index in [1.165, 1.54) is 0 Å². The van der Waals surface area contributed by atoms with Crippen molar-refractivity contribution in [2.45, 2.75) is 26.8 Å². The molecule has 0 amide bonds. The summed E-state index contributed by atoms with van der Waals surface area (Å²) in [6.45, 7) is 6.99. The molecule has 1 aromatic rings. The smallest absolute Gasteiger partial charge is 0.126 e. The molecule has 0 radical (unpaired) electrons. The molecule has 0 saturated heterocycles. The van der Waals surface area contributed by atoms with E-state index < -0.39 is 0 Å². The standard InChI is InChI=1S/C12H18N4/c1-9(2)8-16(4)12(5-13)11-6-14-10(3)15-7-11/h6-7,9,12H,8H2,1-4H3.